The Balaban J connectivity index is 1.74. The summed E-state index contributed by atoms with van der Waals surface area (Å²) in [7, 11) is 1.90. The molecule has 134 valence electrons. The third kappa shape index (κ3) is 5.42. The van der Waals surface area contributed by atoms with Crippen molar-refractivity contribution in [3.63, 3.8) is 0 Å². The molecule has 2 amide bonds. The molecule has 1 unspecified atom stereocenters. The Hall–Kier alpha value is -2.67. The first kappa shape index (κ1) is 18.7. The van der Waals surface area contributed by atoms with Gasteiger partial charge in [-0.15, -0.1) is 0 Å². The molecule has 0 fully saturated rings. The standard InChI is InChI=1S/C18H21F2N3O2/c1-23(13-6-3-2-4-7-13)11-10-21-18(25)22-12-16(24)17-14(19)8-5-9-15(17)20/h2-9,16,24H,10-12H2,1H3,(H2,21,22,25). The van der Waals surface area contributed by atoms with Gasteiger partial charge in [0.05, 0.1) is 5.56 Å². The predicted molar refractivity (Wildman–Crippen MR) is 92.4 cm³/mol. The zero-order valence-electron chi connectivity index (χ0n) is 13.9. The lowest BCUT2D eigenvalue weighted by Gasteiger charge is -2.19. The molecule has 2 aromatic carbocycles. The second-order valence-corrected chi connectivity index (χ2v) is 5.55. The number of hydrogen-bond acceptors (Lipinski definition) is 3. The summed E-state index contributed by atoms with van der Waals surface area (Å²) < 4.78 is 27.1. The number of amides is 2. The van der Waals surface area contributed by atoms with Gasteiger partial charge in [0.15, 0.2) is 0 Å². The summed E-state index contributed by atoms with van der Waals surface area (Å²) in [4.78, 5) is 13.7. The molecule has 25 heavy (non-hydrogen) atoms. The van der Waals surface area contributed by atoms with Gasteiger partial charge in [-0.2, -0.15) is 0 Å². The number of urea groups is 1. The predicted octanol–water partition coefficient (Wildman–Crippen LogP) is 2.43. The Morgan fingerprint density at radius 3 is 2.36 bits per heavy atom. The maximum absolute atomic E-state index is 13.5. The van der Waals surface area contributed by atoms with E-state index in [4.69, 9.17) is 0 Å². The molecule has 0 aromatic heterocycles. The van der Waals surface area contributed by atoms with E-state index < -0.39 is 29.3 Å². The van der Waals surface area contributed by atoms with Gasteiger partial charge in [-0.3, -0.25) is 0 Å². The molecule has 0 radical (unpaired) electrons. The Morgan fingerprint density at radius 2 is 1.72 bits per heavy atom. The first-order chi connectivity index (χ1) is 12.0. The summed E-state index contributed by atoms with van der Waals surface area (Å²) in [6.07, 6.45) is -1.46. The number of halogens is 2. The van der Waals surface area contributed by atoms with Crippen LogP contribution < -0.4 is 15.5 Å². The highest BCUT2D eigenvalue weighted by Crippen LogP contribution is 2.19. The van der Waals surface area contributed by atoms with Crippen molar-refractivity contribution >= 4 is 11.7 Å². The average molecular weight is 349 g/mol. The van der Waals surface area contributed by atoms with E-state index in [0.29, 0.717) is 13.1 Å². The van der Waals surface area contributed by atoms with Gasteiger partial charge in [-0.05, 0) is 24.3 Å². The van der Waals surface area contributed by atoms with E-state index in [0.717, 1.165) is 17.8 Å². The highest BCUT2D eigenvalue weighted by Gasteiger charge is 2.18. The van der Waals surface area contributed by atoms with Crippen molar-refractivity contribution in [1.82, 2.24) is 10.6 Å². The van der Waals surface area contributed by atoms with Crippen LogP contribution in [0.15, 0.2) is 48.5 Å². The van der Waals surface area contributed by atoms with Gasteiger partial charge in [-0.25, -0.2) is 13.6 Å². The number of anilines is 1. The molecule has 0 saturated carbocycles. The Kier molecular flexibility index (Phi) is 6.71. The second kappa shape index (κ2) is 8.98. The van der Waals surface area contributed by atoms with Crippen LogP contribution in [-0.4, -0.2) is 37.8 Å². The van der Waals surface area contributed by atoms with E-state index in [2.05, 4.69) is 10.6 Å². The number of rotatable bonds is 7. The summed E-state index contributed by atoms with van der Waals surface area (Å²) in [6, 6.07) is 12.5. The van der Waals surface area contributed by atoms with Gasteiger partial charge in [0.25, 0.3) is 0 Å². The van der Waals surface area contributed by atoms with Gasteiger partial charge >= 0.3 is 6.03 Å². The van der Waals surface area contributed by atoms with Crippen LogP contribution >= 0.6 is 0 Å². The molecule has 5 nitrogen and oxygen atoms in total. The molecule has 0 spiro atoms. The van der Waals surface area contributed by atoms with Crippen molar-refractivity contribution < 1.29 is 18.7 Å². The van der Waals surface area contributed by atoms with E-state index in [1.165, 1.54) is 6.07 Å². The second-order valence-electron chi connectivity index (χ2n) is 5.55. The van der Waals surface area contributed by atoms with Crippen molar-refractivity contribution in [3.8, 4) is 0 Å². The SMILES string of the molecule is CN(CCNC(=O)NCC(O)c1c(F)cccc1F)c1ccccc1. The number of aliphatic hydroxyl groups excluding tert-OH is 1. The monoisotopic (exact) mass is 349 g/mol. The largest absolute Gasteiger partial charge is 0.386 e. The lowest BCUT2D eigenvalue weighted by Crippen LogP contribution is -2.41. The van der Waals surface area contributed by atoms with Crippen LogP contribution in [0.1, 0.15) is 11.7 Å². The number of likely N-dealkylation sites (N-methyl/N-ethyl adjacent to an activating group) is 1. The van der Waals surface area contributed by atoms with Crippen LogP contribution in [0.3, 0.4) is 0 Å². The van der Waals surface area contributed by atoms with Crippen molar-refractivity contribution in [2.75, 3.05) is 31.6 Å². The highest BCUT2D eigenvalue weighted by atomic mass is 19.1. The van der Waals surface area contributed by atoms with Crippen molar-refractivity contribution in [3.05, 3.63) is 65.7 Å². The zero-order valence-corrected chi connectivity index (χ0v) is 13.9. The van der Waals surface area contributed by atoms with Gasteiger partial charge in [0, 0.05) is 32.4 Å². The summed E-state index contributed by atoms with van der Waals surface area (Å²) in [5.41, 5.74) is 0.571. The van der Waals surface area contributed by atoms with E-state index in [9.17, 15) is 18.7 Å². The van der Waals surface area contributed by atoms with Crippen LogP contribution in [0.5, 0.6) is 0 Å². The van der Waals surface area contributed by atoms with Crippen LogP contribution in [0.25, 0.3) is 0 Å². The minimum Gasteiger partial charge on any atom is -0.386 e. The number of para-hydroxylation sites is 1. The van der Waals surface area contributed by atoms with E-state index in [1.54, 1.807) is 0 Å². The fourth-order valence-electron chi connectivity index (χ4n) is 2.33. The quantitative estimate of drug-likeness (QED) is 0.719. The first-order valence-electron chi connectivity index (χ1n) is 7.89. The molecule has 1 atom stereocenters. The maximum atomic E-state index is 13.5. The molecule has 0 aliphatic carbocycles. The summed E-state index contributed by atoms with van der Waals surface area (Å²) in [5.74, 6) is -1.70. The zero-order chi connectivity index (χ0) is 18.2. The van der Waals surface area contributed by atoms with Crippen LogP contribution in [0.2, 0.25) is 0 Å². The molecular weight excluding hydrogens is 328 g/mol. The maximum Gasteiger partial charge on any atom is 0.314 e. The number of hydrogen-bond donors (Lipinski definition) is 3. The van der Waals surface area contributed by atoms with Gasteiger partial charge in [-0.1, -0.05) is 24.3 Å². The molecule has 0 heterocycles. The van der Waals surface area contributed by atoms with E-state index in [1.807, 2.05) is 42.3 Å². The number of nitrogens with one attached hydrogen (secondary N) is 2. The van der Waals surface area contributed by atoms with Gasteiger partial charge in [0.2, 0.25) is 0 Å². The molecular formula is C18H21F2N3O2. The molecule has 0 saturated heterocycles. The normalized spacial score (nSPS) is 11.7. The number of nitrogens with zero attached hydrogens (tertiary/aromatic N) is 1. The average Bonchev–Trinajstić information content (AvgIpc) is 2.60. The molecule has 0 aliphatic heterocycles. The lowest BCUT2D eigenvalue weighted by molar-refractivity contribution is 0.164. The first-order valence-corrected chi connectivity index (χ1v) is 7.89. The fourth-order valence-corrected chi connectivity index (χ4v) is 2.33. The Bertz CT molecular complexity index is 678. The van der Waals surface area contributed by atoms with Gasteiger partial charge in [0.1, 0.15) is 17.7 Å². The molecule has 0 aliphatic rings. The summed E-state index contributed by atoms with van der Waals surface area (Å²) >= 11 is 0. The van der Waals surface area contributed by atoms with Crippen molar-refractivity contribution in [2.45, 2.75) is 6.10 Å². The summed E-state index contributed by atoms with van der Waals surface area (Å²) in [6.45, 7) is 0.668. The number of carbonyl (C=O) groups is 1. The smallest absolute Gasteiger partial charge is 0.314 e. The van der Waals surface area contributed by atoms with Crippen molar-refractivity contribution in [1.29, 1.82) is 0 Å². The van der Waals surface area contributed by atoms with Crippen LogP contribution in [-0.2, 0) is 0 Å². The molecule has 7 heteroatoms. The number of carbonyl (C=O) groups excluding carboxylic acids is 1. The number of benzene rings is 2. The molecule has 0 bridgehead atoms. The van der Waals surface area contributed by atoms with E-state index >= 15 is 0 Å². The van der Waals surface area contributed by atoms with Gasteiger partial charge < -0.3 is 20.6 Å². The fraction of sp³-hybridized carbons (Fsp3) is 0.278. The molecule has 2 aromatic rings. The minimum absolute atomic E-state index is 0.293. The lowest BCUT2D eigenvalue weighted by atomic mass is 10.1. The molecule has 2 rings (SSSR count). The summed E-state index contributed by atoms with van der Waals surface area (Å²) in [5, 5.41) is 14.9. The molecule has 3 N–H and O–H groups in total. The third-order valence-corrected chi connectivity index (χ3v) is 3.72. The topological polar surface area (TPSA) is 64.6 Å². The Morgan fingerprint density at radius 1 is 1.08 bits per heavy atom. The number of aliphatic hydroxyl groups is 1. The Labute approximate surface area is 145 Å². The van der Waals surface area contributed by atoms with Crippen molar-refractivity contribution in [2.24, 2.45) is 0 Å². The van der Waals surface area contributed by atoms with Crippen LogP contribution in [0.4, 0.5) is 19.3 Å². The highest BCUT2D eigenvalue weighted by molar-refractivity contribution is 5.73. The third-order valence-electron chi connectivity index (χ3n) is 3.72. The minimum atomic E-state index is -1.46. The van der Waals surface area contributed by atoms with Crippen LogP contribution in [0, 0.1) is 11.6 Å². The van der Waals surface area contributed by atoms with E-state index in [-0.39, 0.29) is 6.54 Å².